The summed E-state index contributed by atoms with van der Waals surface area (Å²) in [5.74, 6) is -0.194. The maximum absolute atomic E-state index is 12.0. The van der Waals surface area contributed by atoms with E-state index in [1.54, 1.807) is 7.05 Å². The molecule has 0 atom stereocenters. The number of amides is 1. The van der Waals surface area contributed by atoms with Gasteiger partial charge < -0.3 is 15.3 Å². The van der Waals surface area contributed by atoms with Crippen molar-refractivity contribution in [3.05, 3.63) is 71.3 Å². The van der Waals surface area contributed by atoms with Crippen LogP contribution in [0.4, 0.5) is 0 Å². The first kappa shape index (κ1) is 16.1. The number of fused-ring (bicyclic) bond motifs is 1. The molecule has 0 aliphatic heterocycles. The fraction of sp³-hybridized carbons (Fsp3) is 0.0526. The van der Waals surface area contributed by atoms with Crippen LogP contribution in [0.25, 0.3) is 22.7 Å². The lowest BCUT2D eigenvalue weighted by molar-refractivity contribution is -0.116. The summed E-state index contributed by atoms with van der Waals surface area (Å²) in [5.41, 5.74) is 4.25. The van der Waals surface area contributed by atoms with Crippen LogP contribution in [0.15, 0.2) is 65.7 Å². The van der Waals surface area contributed by atoms with Crippen molar-refractivity contribution in [2.75, 3.05) is 7.05 Å². The number of nitrogens with one attached hydrogen (secondary N) is 2. The second-order valence-corrected chi connectivity index (χ2v) is 6.04. The van der Waals surface area contributed by atoms with Crippen LogP contribution in [0, 0.1) is 5.41 Å². The fourth-order valence-corrected chi connectivity index (χ4v) is 3.14. The maximum atomic E-state index is 12.0. The molecule has 3 rings (SSSR count). The lowest BCUT2D eigenvalue weighted by atomic mass is 10.1. The molecular formula is C19H17N3OS. The third kappa shape index (κ3) is 3.12. The minimum atomic E-state index is -0.194. The molecule has 5 heteroatoms. The highest BCUT2D eigenvalue weighted by atomic mass is 32.2. The van der Waals surface area contributed by atoms with Crippen LogP contribution in [-0.4, -0.2) is 23.1 Å². The van der Waals surface area contributed by atoms with E-state index < -0.39 is 0 Å². The second kappa shape index (κ2) is 7.19. The Kier molecular flexibility index (Phi) is 4.82. The SMILES string of the molecule is CNC(=O)/C(=C/c1cn(-c2ccccc2)c2ccccc12)SC=N. The minimum Gasteiger partial charge on any atom is -0.355 e. The largest absolute Gasteiger partial charge is 0.355 e. The van der Waals surface area contributed by atoms with Gasteiger partial charge in [-0.3, -0.25) is 4.79 Å². The molecular weight excluding hydrogens is 318 g/mol. The number of nitrogens with zero attached hydrogens (tertiary/aromatic N) is 1. The first-order valence-electron chi connectivity index (χ1n) is 7.49. The molecule has 3 aromatic rings. The van der Waals surface area contributed by atoms with E-state index >= 15 is 0 Å². The molecule has 0 aliphatic rings. The fourth-order valence-electron chi connectivity index (χ4n) is 2.60. The smallest absolute Gasteiger partial charge is 0.257 e. The predicted octanol–water partition coefficient (Wildman–Crippen LogP) is 4.06. The van der Waals surface area contributed by atoms with Crippen LogP contribution < -0.4 is 5.32 Å². The zero-order valence-corrected chi connectivity index (χ0v) is 14.0. The van der Waals surface area contributed by atoms with Gasteiger partial charge in [0.2, 0.25) is 0 Å². The van der Waals surface area contributed by atoms with Gasteiger partial charge in [0.25, 0.3) is 5.91 Å². The average Bonchev–Trinajstić information content (AvgIpc) is 3.00. The molecule has 2 aromatic carbocycles. The zero-order chi connectivity index (χ0) is 16.9. The zero-order valence-electron chi connectivity index (χ0n) is 13.2. The summed E-state index contributed by atoms with van der Waals surface area (Å²) in [6.45, 7) is 0. The van der Waals surface area contributed by atoms with Crippen molar-refractivity contribution in [1.82, 2.24) is 9.88 Å². The molecule has 0 saturated heterocycles. The predicted molar refractivity (Wildman–Crippen MR) is 102 cm³/mol. The molecule has 1 heterocycles. The van der Waals surface area contributed by atoms with Crippen molar-refractivity contribution >= 4 is 40.2 Å². The maximum Gasteiger partial charge on any atom is 0.257 e. The molecule has 4 nitrogen and oxygen atoms in total. The quantitative estimate of drug-likeness (QED) is 0.420. The Morgan fingerprint density at radius 3 is 2.54 bits per heavy atom. The van der Waals surface area contributed by atoms with Gasteiger partial charge in [-0.05, 0) is 24.3 Å². The van der Waals surface area contributed by atoms with E-state index in [-0.39, 0.29) is 5.91 Å². The normalized spacial score (nSPS) is 11.5. The van der Waals surface area contributed by atoms with E-state index in [2.05, 4.69) is 16.0 Å². The second-order valence-electron chi connectivity index (χ2n) is 5.13. The van der Waals surface area contributed by atoms with Gasteiger partial charge in [-0.1, -0.05) is 48.2 Å². The van der Waals surface area contributed by atoms with Crippen molar-refractivity contribution < 1.29 is 4.79 Å². The van der Waals surface area contributed by atoms with Gasteiger partial charge in [-0.15, -0.1) is 0 Å². The van der Waals surface area contributed by atoms with Crippen molar-refractivity contribution in [3.8, 4) is 5.69 Å². The number of thioether (sulfide) groups is 1. The molecule has 24 heavy (non-hydrogen) atoms. The number of para-hydroxylation sites is 2. The van der Waals surface area contributed by atoms with E-state index in [9.17, 15) is 4.79 Å². The molecule has 2 N–H and O–H groups in total. The summed E-state index contributed by atoms with van der Waals surface area (Å²) in [4.78, 5) is 12.5. The summed E-state index contributed by atoms with van der Waals surface area (Å²) in [5, 5.41) is 11.0. The number of carbonyl (C=O) groups excluding carboxylic acids is 1. The standard InChI is InChI=1S/C19H17N3OS/c1-21-19(23)18(24-13-20)11-14-12-22(15-7-3-2-4-8-15)17-10-6-5-9-16(14)17/h2-13,20H,1H3,(H,21,23)/b18-11-,20-13?. The Morgan fingerprint density at radius 1 is 1.12 bits per heavy atom. The van der Waals surface area contributed by atoms with Crippen LogP contribution in [-0.2, 0) is 4.79 Å². The summed E-state index contributed by atoms with van der Waals surface area (Å²) < 4.78 is 2.11. The molecule has 0 bridgehead atoms. The van der Waals surface area contributed by atoms with Crippen molar-refractivity contribution in [3.63, 3.8) is 0 Å². The molecule has 0 spiro atoms. The molecule has 0 saturated carbocycles. The van der Waals surface area contributed by atoms with Crippen LogP contribution in [0.2, 0.25) is 0 Å². The monoisotopic (exact) mass is 335 g/mol. The molecule has 0 unspecified atom stereocenters. The van der Waals surface area contributed by atoms with Crippen LogP contribution in [0.5, 0.6) is 0 Å². The van der Waals surface area contributed by atoms with Crippen molar-refractivity contribution in [2.45, 2.75) is 0 Å². The van der Waals surface area contributed by atoms with E-state index in [0.29, 0.717) is 4.91 Å². The number of rotatable bonds is 5. The number of hydrogen-bond acceptors (Lipinski definition) is 3. The van der Waals surface area contributed by atoms with Gasteiger partial charge in [0.15, 0.2) is 0 Å². The van der Waals surface area contributed by atoms with E-state index in [4.69, 9.17) is 5.41 Å². The minimum absolute atomic E-state index is 0.194. The van der Waals surface area contributed by atoms with Crippen molar-refractivity contribution in [1.29, 1.82) is 5.41 Å². The highest BCUT2D eigenvalue weighted by Gasteiger charge is 2.12. The van der Waals surface area contributed by atoms with Crippen LogP contribution >= 0.6 is 11.8 Å². The van der Waals surface area contributed by atoms with Crippen LogP contribution in [0.1, 0.15) is 5.56 Å². The van der Waals surface area contributed by atoms with E-state index in [0.717, 1.165) is 39.5 Å². The number of benzene rings is 2. The Labute approximate surface area is 144 Å². The topological polar surface area (TPSA) is 57.9 Å². The first-order chi connectivity index (χ1) is 11.7. The Hall–Kier alpha value is -2.79. The van der Waals surface area contributed by atoms with E-state index in [1.165, 1.54) is 0 Å². The van der Waals surface area contributed by atoms with Gasteiger partial charge in [0.05, 0.1) is 16.0 Å². The van der Waals surface area contributed by atoms with Gasteiger partial charge in [0.1, 0.15) is 0 Å². The lowest BCUT2D eigenvalue weighted by Crippen LogP contribution is -2.18. The number of aromatic nitrogens is 1. The van der Waals surface area contributed by atoms with Gasteiger partial charge in [-0.2, -0.15) is 0 Å². The summed E-state index contributed by atoms with van der Waals surface area (Å²) >= 11 is 1.10. The van der Waals surface area contributed by atoms with Crippen molar-refractivity contribution in [2.24, 2.45) is 0 Å². The molecule has 0 radical (unpaired) electrons. The van der Waals surface area contributed by atoms with E-state index in [1.807, 2.05) is 60.8 Å². The Morgan fingerprint density at radius 2 is 1.83 bits per heavy atom. The highest BCUT2D eigenvalue weighted by molar-refractivity contribution is 8.16. The lowest BCUT2D eigenvalue weighted by Gasteiger charge is -2.04. The summed E-state index contributed by atoms with van der Waals surface area (Å²) in [6, 6.07) is 18.2. The number of likely N-dealkylation sites (N-methyl/N-ethyl adjacent to an activating group) is 1. The molecule has 120 valence electrons. The molecule has 0 aliphatic carbocycles. The first-order valence-corrected chi connectivity index (χ1v) is 8.37. The highest BCUT2D eigenvalue weighted by Crippen LogP contribution is 2.28. The molecule has 0 fully saturated rings. The Balaban J connectivity index is 2.19. The van der Waals surface area contributed by atoms with Gasteiger partial charge in [0, 0.05) is 29.9 Å². The van der Waals surface area contributed by atoms with Gasteiger partial charge in [-0.25, -0.2) is 0 Å². The number of carbonyl (C=O) groups is 1. The molecule has 1 aromatic heterocycles. The third-order valence-corrected chi connectivity index (χ3v) is 4.38. The molecule has 1 amide bonds. The average molecular weight is 335 g/mol. The summed E-state index contributed by atoms with van der Waals surface area (Å²) in [6.07, 6.45) is 3.85. The number of hydrogen-bond donors (Lipinski definition) is 2. The van der Waals surface area contributed by atoms with Crippen LogP contribution in [0.3, 0.4) is 0 Å². The third-order valence-electron chi connectivity index (χ3n) is 3.70. The summed E-state index contributed by atoms with van der Waals surface area (Å²) in [7, 11) is 1.59. The van der Waals surface area contributed by atoms with Gasteiger partial charge >= 0.3 is 0 Å². The Bertz CT molecular complexity index is 913.